The van der Waals surface area contributed by atoms with Gasteiger partial charge in [0.2, 0.25) is 5.91 Å². The van der Waals surface area contributed by atoms with Crippen LogP contribution in [0.2, 0.25) is 0 Å². The van der Waals surface area contributed by atoms with Crippen LogP contribution in [0, 0.1) is 16.0 Å². The van der Waals surface area contributed by atoms with Gasteiger partial charge in [-0.1, -0.05) is 0 Å². The molecule has 1 fully saturated rings. The van der Waals surface area contributed by atoms with Crippen molar-refractivity contribution >= 4 is 27.1 Å². The van der Waals surface area contributed by atoms with Gasteiger partial charge in [-0.25, -0.2) is 8.42 Å². The lowest BCUT2D eigenvalue weighted by Gasteiger charge is -2.32. The summed E-state index contributed by atoms with van der Waals surface area (Å²) in [6.45, 7) is 0.472. The van der Waals surface area contributed by atoms with E-state index in [1.54, 1.807) is 0 Å². The molecule has 0 radical (unpaired) electrons. The van der Waals surface area contributed by atoms with E-state index in [0.717, 1.165) is 6.07 Å². The molecule has 0 aliphatic carbocycles. The molecule has 12 heteroatoms. The van der Waals surface area contributed by atoms with Gasteiger partial charge in [-0.05, 0) is 25.0 Å². The number of nitrogens with zero attached hydrogens (tertiary/aromatic N) is 2. The van der Waals surface area contributed by atoms with Gasteiger partial charge in [0.15, 0.2) is 0 Å². The minimum atomic E-state index is -5.68. The number of carbonyl (C=O) groups is 1. The summed E-state index contributed by atoms with van der Waals surface area (Å²) in [5.74, 6) is -0.860. The third kappa shape index (κ3) is 3.67. The largest absolute Gasteiger partial charge is 0.501 e. The van der Waals surface area contributed by atoms with E-state index in [4.69, 9.17) is 5.73 Å². The van der Waals surface area contributed by atoms with Crippen LogP contribution < -0.4 is 10.6 Å². The van der Waals surface area contributed by atoms with Crippen molar-refractivity contribution in [3.05, 3.63) is 28.3 Å². The molecule has 1 aliphatic rings. The monoisotopic (exact) mass is 381 g/mol. The predicted molar refractivity (Wildman–Crippen MR) is 80.5 cm³/mol. The van der Waals surface area contributed by atoms with E-state index >= 15 is 0 Å². The molecule has 1 saturated heterocycles. The highest BCUT2D eigenvalue weighted by molar-refractivity contribution is 7.92. The first-order valence-electron chi connectivity index (χ1n) is 7.09. The number of alkyl halides is 3. The Morgan fingerprint density at radius 3 is 2.28 bits per heavy atom. The number of benzene rings is 1. The molecule has 1 aliphatic heterocycles. The first kappa shape index (κ1) is 19.0. The van der Waals surface area contributed by atoms with E-state index in [1.165, 1.54) is 4.90 Å². The molecule has 138 valence electrons. The van der Waals surface area contributed by atoms with Crippen LogP contribution in [0.25, 0.3) is 0 Å². The van der Waals surface area contributed by atoms with Crippen LogP contribution in [0.5, 0.6) is 0 Å². The van der Waals surface area contributed by atoms with Crippen molar-refractivity contribution in [1.82, 2.24) is 0 Å². The summed E-state index contributed by atoms with van der Waals surface area (Å²) in [6, 6.07) is 2.06. The van der Waals surface area contributed by atoms with Crippen molar-refractivity contribution in [3.8, 4) is 0 Å². The predicted octanol–water partition coefficient (Wildman–Crippen LogP) is 1.59. The fourth-order valence-electron chi connectivity index (χ4n) is 2.62. The van der Waals surface area contributed by atoms with Crippen LogP contribution in [-0.4, -0.2) is 37.8 Å². The van der Waals surface area contributed by atoms with E-state index in [0.29, 0.717) is 25.0 Å². The summed E-state index contributed by atoms with van der Waals surface area (Å²) in [6.07, 6.45) is 0.685. The number of carbonyl (C=O) groups excluding carboxylic acids is 1. The standard InChI is InChI=1S/C13H14F3N3O5S/c14-13(15,16)25(23,24)9-1-2-10(11(7-9)19(21)22)18-5-3-8(4-6-18)12(17)20/h1-2,7-8H,3-6H2,(H2,17,20). The quantitative estimate of drug-likeness (QED) is 0.624. The molecular weight excluding hydrogens is 367 g/mol. The van der Waals surface area contributed by atoms with E-state index in [2.05, 4.69) is 0 Å². The van der Waals surface area contributed by atoms with Gasteiger partial charge in [-0.15, -0.1) is 0 Å². The third-order valence-corrected chi connectivity index (χ3v) is 5.48. The molecule has 0 unspecified atom stereocenters. The molecule has 2 rings (SSSR count). The number of nitro benzene ring substituents is 1. The Kier molecular flexibility index (Phi) is 4.93. The number of primary amides is 1. The zero-order chi connectivity index (χ0) is 19.0. The number of nitrogens with two attached hydrogens (primary N) is 1. The maximum absolute atomic E-state index is 12.6. The van der Waals surface area contributed by atoms with E-state index in [-0.39, 0.29) is 24.7 Å². The number of rotatable bonds is 4. The Hall–Kier alpha value is -2.37. The highest BCUT2D eigenvalue weighted by Crippen LogP contribution is 2.37. The molecular formula is C13H14F3N3O5S. The van der Waals surface area contributed by atoms with Crippen LogP contribution in [-0.2, 0) is 14.6 Å². The van der Waals surface area contributed by atoms with Crippen LogP contribution in [0.4, 0.5) is 24.5 Å². The number of amides is 1. The second-order valence-electron chi connectivity index (χ2n) is 5.52. The maximum Gasteiger partial charge on any atom is 0.501 e. The molecule has 1 heterocycles. The van der Waals surface area contributed by atoms with Gasteiger partial charge in [-0.2, -0.15) is 13.2 Å². The highest BCUT2D eigenvalue weighted by Gasteiger charge is 2.47. The Labute approximate surface area is 140 Å². The summed E-state index contributed by atoms with van der Waals surface area (Å²) in [5.41, 5.74) is -1.11. The topological polar surface area (TPSA) is 124 Å². The normalized spacial score (nSPS) is 16.7. The molecule has 0 saturated carbocycles. The van der Waals surface area contributed by atoms with Crippen LogP contribution >= 0.6 is 0 Å². The average Bonchev–Trinajstić information content (AvgIpc) is 2.53. The van der Waals surface area contributed by atoms with Gasteiger partial charge in [0.25, 0.3) is 15.5 Å². The minimum Gasteiger partial charge on any atom is -0.369 e. The van der Waals surface area contributed by atoms with Crippen molar-refractivity contribution in [2.24, 2.45) is 11.7 Å². The number of piperidine rings is 1. The Morgan fingerprint density at radius 2 is 1.84 bits per heavy atom. The number of nitro groups is 1. The highest BCUT2D eigenvalue weighted by atomic mass is 32.2. The minimum absolute atomic E-state index is 0.00551. The second-order valence-corrected chi connectivity index (χ2v) is 7.46. The lowest BCUT2D eigenvalue weighted by Crippen LogP contribution is -2.38. The summed E-state index contributed by atoms with van der Waals surface area (Å²) in [5, 5.41) is 11.2. The van der Waals surface area contributed by atoms with Crippen molar-refractivity contribution in [2.45, 2.75) is 23.2 Å². The lowest BCUT2D eigenvalue weighted by atomic mass is 9.96. The zero-order valence-electron chi connectivity index (χ0n) is 12.7. The summed E-state index contributed by atoms with van der Waals surface area (Å²) >= 11 is 0. The first-order valence-corrected chi connectivity index (χ1v) is 8.57. The van der Waals surface area contributed by atoms with E-state index in [1.807, 2.05) is 0 Å². The number of hydrogen-bond donors (Lipinski definition) is 1. The Balaban J connectivity index is 2.39. The van der Waals surface area contributed by atoms with Crippen molar-refractivity contribution in [2.75, 3.05) is 18.0 Å². The average molecular weight is 381 g/mol. The molecule has 0 atom stereocenters. The van der Waals surface area contributed by atoms with Gasteiger partial charge in [-0.3, -0.25) is 14.9 Å². The first-order chi connectivity index (χ1) is 11.4. The SMILES string of the molecule is NC(=O)C1CCN(c2ccc(S(=O)(=O)C(F)(F)F)cc2[N+](=O)[O-])CC1. The van der Waals surface area contributed by atoms with Crippen LogP contribution in [0.3, 0.4) is 0 Å². The molecule has 1 aromatic carbocycles. The van der Waals surface area contributed by atoms with Crippen molar-refractivity contribution < 1.29 is 31.3 Å². The van der Waals surface area contributed by atoms with Crippen molar-refractivity contribution in [3.63, 3.8) is 0 Å². The molecule has 2 N–H and O–H groups in total. The Morgan fingerprint density at radius 1 is 1.28 bits per heavy atom. The van der Waals surface area contributed by atoms with Crippen LogP contribution in [0.15, 0.2) is 23.1 Å². The van der Waals surface area contributed by atoms with Gasteiger partial charge in [0.05, 0.1) is 9.82 Å². The second kappa shape index (κ2) is 6.50. The van der Waals surface area contributed by atoms with Gasteiger partial charge in [0.1, 0.15) is 5.69 Å². The summed E-state index contributed by atoms with van der Waals surface area (Å²) < 4.78 is 60.7. The summed E-state index contributed by atoms with van der Waals surface area (Å²) in [7, 11) is -5.68. The Bertz CT molecular complexity index is 802. The number of sulfone groups is 1. The lowest BCUT2D eigenvalue weighted by molar-refractivity contribution is -0.384. The van der Waals surface area contributed by atoms with Gasteiger partial charge < -0.3 is 10.6 Å². The molecule has 0 aromatic heterocycles. The zero-order valence-corrected chi connectivity index (χ0v) is 13.5. The van der Waals surface area contributed by atoms with E-state index in [9.17, 15) is 36.5 Å². The smallest absolute Gasteiger partial charge is 0.369 e. The third-order valence-electron chi connectivity index (χ3n) is 4.00. The molecule has 1 amide bonds. The fraction of sp³-hybridized carbons (Fsp3) is 0.462. The van der Waals surface area contributed by atoms with Crippen molar-refractivity contribution in [1.29, 1.82) is 0 Å². The van der Waals surface area contributed by atoms with Crippen LogP contribution in [0.1, 0.15) is 12.8 Å². The summed E-state index contributed by atoms with van der Waals surface area (Å²) in [4.78, 5) is 21.7. The molecule has 0 bridgehead atoms. The molecule has 1 aromatic rings. The molecule has 8 nitrogen and oxygen atoms in total. The maximum atomic E-state index is 12.6. The fourth-order valence-corrected chi connectivity index (χ4v) is 3.40. The molecule has 0 spiro atoms. The number of anilines is 1. The number of halogens is 3. The van der Waals surface area contributed by atoms with Gasteiger partial charge >= 0.3 is 5.51 Å². The number of hydrogen-bond acceptors (Lipinski definition) is 6. The molecule has 25 heavy (non-hydrogen) atoms. The van der Waals surface area contributed by atoms with Gasteiger partial charge in [0, 0.05) is 25.1 Å². The van der Waals surface area contributed by atoms with E-state index < -0.39 is 36.8 Å².